The fraction of sp³-hybridized carbons (Fsp3) is 0.188. The van der Waals surface area contributed by atoms with Crippen molar-refractivity contribution in [2.75, 3.05) is 7.11 Å². The number of aryl methyl sites for hydroxylation is 1. The lowest BCUT2D eigenvalue weighted by atomic mass is 10.2. The third kappa shape index (κ3) is 2.37. The molecule has 2 aromatic carbocycles. The number of fused-ring (bicyclic) bond motifs is 1. The normalized spacial score (nSPS) is 11.0. The molecule has 0 bridgehead atoms. The summed E-state index contributed by atoms with van der Waals surface area (Å²) in [6, 6.07) is 11.6. The molecule has 0 aliphatic heterocycles. The first-order chi connectivity index (χ1) is 10.1. The van der Waals surface area contributed by atoms with Crippen molar-refractivity contribution in [3.8, 4) is 17.1 Å². The molecule has 2 N–H and O–H groups in total. The molecule has 5 heteroatoms. The van der Waals surface area contributed by atoms with Crippen LogP contribution in [0.5, 0.6) is 5.75 Å². The number of nitrogens with two attached hydrogens (primary N) is 1. The number of hydrogen-bond donors (Lipinski definition) is 1. The molecule has 0 radical (unpaired) electrons. The fourth-order valence-electron chi connectivity index (χ4n) is 2.46. The van der Waals surface area contributed by atoms with Crippen molar-refractivity contribution in [1.29, 1.82) is 0 Å². The van der Waals surface area contributed by atoms with Crippen LogP contribution in [-0.2, 0) is 13.6 Å². The Bertz CT molecular complexity index is 811. The molecule has 0 spiro atoms. The van der Waals surface area contributed by atoms with E-state index in [-0.39, 0.29) is 0 Å². The Morgan fingerprint density at radius 1 is 1.24 bits per heavy atom. The van der Waals surface area contributed by atoms with Crippen LogP contribution in [0.4, 0.5) is 0 Å². The van der Waals surface area contributed by atoms with Gasteiger partial charge in [-0.15, -0.1) is 0 Å². The average Bonchev–Trinajstić information content (AvgIpc) is 2.83. The minimum atomic E-state index is 0.506. The number of imidazole rings is 1. The molecule has 21 heavy (non-hydrogen) atoms. The van der Waals surface area contributed by atoms with Gasteiger partial charge >= 0.3 is 0 Å². The SMILES string of the molecule is COc1cc(Cl)ccc1-c1nc2cc(CN)ccc2n1C. The van der Waals surface area contributed by atoms with Gasteiger partial charge in [-0.2, -0.15) is 0 Å². The van der Waals surface area contributed by atoms with Gasteiger partial charge in [-0.25, -0.2) is 4.98 Å². The van der Waals surface area contributed by atoms with Crippen LogP contribution >= 0.6 is 11.6 Å². The Labute approximate surface area is 128 Å². The van der Waals surface area contributed by atoms with Gasteiger partial charge in [-0.1, -0.05) is 17.7 Å². The van der Waals surface area contributed by atoms with Gasteiger partial charge < -0.3 is 15.0 Å². The third-order valence-corrected chi connectivity index (χ3v) is 3.82. The predicted molar refractivity (Wildman–Crippen MR) is 85.6 cm³/mol. The van der Waals surface area contributed by atoms with E-state index in [4.69, 9.17) is 27.1 Å². The summed E-state index contributed by atoms with van der Waals surface area (Å²) in [6.07, 6.45) is 0. The number of hydrogen-bond acceptors (Lipinski definition) is 3. The van der Waals surface area contributed by atoms with E-state index in [1.165, 1.54) is 0 Å². The maximum Gasteiger partial charge on any atom is 0.144 e. The summed E-state index contributed by atoms with van der Waals surface area (Å²) in [7, 11) is 3.62. The Balaban J connectivity index is 2.23. The van der Waals surface area contributed by atoms with Gasteiger partial charge in [0.1, 0.15) is 11.6 Å². The first-order valence-electron chi connectivity index (χ1n) is 6.63. The van der Waals surface area contributed by atoms with E-state index in [9.17, 15) is 0 Å². The maximum absolute atomic E-state index is 6.02. The zero-order chi connectivity index (χ0) is 15.0. The van der Waals surface area contributed by atoms with Crippen LogP contribution in [0.2, 0.25) is 5.02 Å². The summed E-state index contributed by atoms with van der Waals surface area (Å²) < 4.78 is 7.46. The van der Waals surface area contributed by atoms with Gasteiger partial charge in [-0.05, 0) is 35.9 Å². The number of rotatable bonds is 3. The number of methoxy groups -OCH3 is 1. The van der Waals surface area contributed by atoms with E-state index in [0.29, 0.717) is 17.3 Å². The van der Waals surface area contributed by atoms with Crippen LogP contribution in [-0.4, -0.2) is 16.7 Å². The number of nitrogens with zero attached hydrogens (tertiary/aromatic N) is 2. The molecule has 108 valence electrons. The fourth-order valence-corrected chi connectivity index (χ4v) is 2.63. The average molecular weight is 302 g/mol. The van der Waals surface area contributed by atoms with E-state index in [1.807, 2.05) is 41.9 Å². The van der Waals surface area contributed by atoms with Crippen LogP contribution in [0.1, 0.15) is 5.56 Å². The second-order valence-electron chi connectivity index (χ2n) is 4.87. The minimum Gasteiger partial charge on any atom is -0.496 e. The van der Waals surface area contributed by atoms with Gasteiger partial charge in [0.2, 0.25) is 0 Å². The molecule has 1 heterocycles. The second-order valence-corrected chi connectivity index (χ2v) is 5.30. The van der Waals surface area contributed by atoms with Crippen LogP contribution in [0.25, 0.3) is 22.4 Å². The summed E-state index contributed by atoms with van der Waals surface area (Å²) in [5.41, 5.74) is 9.65. The molecule has 0 fully saturated rings. The highest BCUT2D eigenvalue weighted by molar-refractivity contribution is 6.30. The van der Waals surface area contributed by atoms with Gasteiger partial charge in [0.15, 0.2) is 0 Å². The zero-order valence-corrected chi connectivity index (χ0v) is 12.7. The smallest absolute Gasteiger partial charge is 0.144 e. The van der Waals surface area contributed by atoms with Crippen molar-refractivity contribution in [3.05, 3.63) is 47.0 Å². The number of benzene rings is 2. The Morgan fingerprint density at radius 3 is 2.76 bits per heavy atom. The van der Waals surface area contributed by atoms with Crippen LogP contribution in [0.3, 0.4) is 0 Å². The molecular formula is C16H16ClN3O. The minimum absolute atomic E-state index is 0.506. The Morgan fingerprint density at radius 2 is 2.05 bits per heavy atom. The molecular weight excluding hydrogens is 286 g/mol. The lowest BCUT2D eigenvalue weighted by Crippen LogP contribution is -1.96. The molecule has 4 nitrogen and oxygen atoms in total. The summed E-state index contributed by atoms with van der Waals surface area (Å²) in [6.45, 7) is 0.506. The molecule has 0 unspecified atom stereocenters. The summed E-state index contributed by atoms with van der Waals surface area (Å²) in [5, 5.41) is 0.639. The van der Waals surface area contributed by atoms with Gasteiger partial charge in [0, 0.05) is 18.6 Å². The predicted octanol–water partition coefficient (Wildman–Crippen LogP) is 3.36. The van der Waals surface area contributed by atoms with Crippen molar-refractivity contribution >= 4 is 22.6 Å². The van der Waals surface area contributed by atoms with Crippen molar-refractivity contribution in [2.45, 2.75) is 6.54 Å². The van der Waals surface area contributed by atoms with Crippen molar-refractivity contribution < 1.29 is 4.74 Å². The van der Waals surface area contributed by atoms with E-state index >= 15 is 0 Å². The van der Waals surface area contributed by atoms with Crippen molar-refractivity contribution in [3.63, 3.8) is 0 Å². The number of aromatic nitrogens is 2. The highest BCUT2D eigenvalue weighted by Gasteiger charge is 2.14. The molecule has 0 aliphatic carbocycles. The van der Waals surface area contributed by atoms with Gasteiger partial charge in [0.25, 0.3) is 0 Å². The van der Waals surface area contributed by atoms with E-state index in [0.717, 1.165) is 28.0 Å². The third-order valence-electron chi connectivity index (χ3n) is 3.59. The lowest BCUT2D eigenvalue weighted by molar-refractivity contribution is 0.416. The monoisotopic (exact) mass is 301 g/mol. The Kier molecular flexibility index (Phi) is 3.57. The van der Waals surface area contributed by atoms with E-state index in [2.05, 4.69) is 0 Å². The summed E-state index contributed by atoms with van der Waals surface area (Å²) in [5.74, 6) is 1.55. The quantitative estimate of drug-likeness (QED) is 0.807. The molecule has 1 aromatic heterocycles. The van der Waals surface area contributed by atoms with Gasteiger partial charge in [0.05, 0.1) is 23.7 Å². The van der Waals surface area contributed by atoms with Crippen LogP contribution in [0.15, 0.2) is 36.4 Å². The number of ether oxygens (including phenoxy) is 1. The standard InChI is InChI=1S/C16H16ClN3O/c1-20-14-6-3-10(9-18)7-13(14)19-16(20)12-5-4-11(17)8-15(12)21-2/h3-8H,9,18H2,1-2H3. The molecule has 0 aliphatic rings. The second kappa shape index (κ2) is 5.39. The molecule has 0 saturated carbocycles. The van der Waals surface area contributed by atoms with Gasteiger partial charge in [-0.3, -0.25) is 0 Å². The molecule has 0 saturated heterocycles. The summed E-state index contributed by atoms with van der Waals surface area (Å²) in [4.78, 5) is 4.71. The van der Waals surface area contributed by atoms with Crippen LogP contribution < -0.4 is 10.5 Å². The molecule has 0 atom stereocenters. The molecule has 3 rings (SSSR count). The van der Waals surface area contributed by atoms with E-state index in [1.54, 1.807) is 13.2 Å². The Hall–Kier alpha value is -2.04. The summed E-state index contributed by atoms with van der Waals surface area (Å²) >= 11 is 6.02. The molecule has 0 amide bonds. The van der Waals surface area contributed by atoms with Crippen molar-refractivity contribution in [2.24, 2.45) is 12.8 Å². The largest absolute Gasteiger partial charge is 0.496 e. The topological polar surface area (TPSA) is 53.1 Å². The van der Waals surface area contributed by atoms with Crippen LogP contribution in [0, 0.1) is 0 Å². The van der Waals surface area contributed by atoms with Crippen molar-refractivity contribution in [1.82, 2.24) is 9.55 Å². The zero-order valence-electron chi connectivity index (χ0n) is 11.9. The maximum atomic E-state index is 6.02. The lowest BCUT2D eigenvalue weighted by Gasteiger charge is -2.08. The first-order valence-corrected chi connectivity index (χ1v) is 7.01. The highest BCUT2D eigenvalue weighted by Crippen LogP contribution is 2.33. The first kappa shape index (κ1) is 13.9. The number of halogens is 1. The molecule has 3 aromatic rings. The highest BCUT2D eigenvalue weighted by atomic mass is 35.5. The van der Waals surface area contributed by atoms with E-state index < -0.39 is 0 Å².